The van der Waals surface area contributed by atoms with E-state index in [0.717, 1.165) is 0 Å². The number of nitrogens with zero attached hydrogens (tertiary/aromatic N) is 1. The molecule has 1 fully saturated rings. The first-order chi connectivity index (χ1) is 10.2. The van der Waals surface area contributed by atoms with Crippen LogP contribution in [-0.4, -0.2) is 40.5 Å². The molecule has 0 aromatic rings. The zero-order valence-electron chi connectivity index (χ0n) is 13.1. The molecule has 0 bridgehead atoms. The Bertz CT molecular complexity index is 502. The van der Waals surface area contributed by atoms with Crippen molar-refractivity contribution in [3.8, 4) is 0 Å². The highest BCUT2D eigenvalue weighted by Gasteiger charge is 2.61. The van der Waals surface area contributed by atoms with Crippen molar-refractivity contribution in [2.75, 3.05) is 6.61 Å². The Hall–Kier alpha value is -1.31. The van der Waals surface area contributed by atoms with Gasteiger partial charge in [0.15, 0.2) is 11.6 Å². The van der Waals surface area contributed by atoms with Crippen LogP contribution in [0.5, 0.6) is 0 Å². The van der Waals surface area contributed by atoms with Gasteiger partial charge in [0.2, 0.25) is 0 Å². The number of amides is 1. The predicted octanol–water partition coefficient (Wildman–Crippen LogP) is 2.33. The summed E-state index contributed by atoms with van der Waals surface area (Å²) in [6.45, 7) is 7.20. The Morgan fingerprint density at radius 2 is 2.18 bits per heavy atom. The largest absolute Gasteiger partial charge is 0.464 e. The van der Waals surface area contributed by atoms with Gasteiger partial charge in [-0.15, -0.1) is 0 Å². The van der Waals surface area contributed by atoms with Crippen LogP contribution in [0, 0.1) is 5.92 Å². The fraction of sp³-hybridized carbons (Fsp3) is 0.786. The van der Waals surface area contributed by atoms with Gasteiger partial charge in [0, 0.05) is 0 Å². The number of nitrogens with one attached hydrogen (secondary N) is 1. The lowest BCUT2D eigenvalue weighted by molar-refractivity contribution is -0.157. The van der Waals surface area contributed by atoms with E-state index in [0.29, 0.717) is 17.5 Å². The first kappa shape index (κ1) is 17.1. The zero-order chi connectivity index (χ0) is 16.5. The van der Waals surface area contributed by atoms with Crippen LogP contribution in [0.15, 0.2) is 5.16 Å². The first-order valence-corrected chi connectivity index (χ1v) is 8.06. The number of alkyl carbamates (subject to hydrolysis) is 1. The SMILES string of the molecule is CCOC(=O)[C@]1(NC(=O)OC(C)(C)C)CC[C@H]2C(Br)=NO[C@H]21. The maximum Gasteiger partial charge on any atom is 0.408 e. The van der Waals surface area contributed by atoms with Crippen molar-refractivity contribution in [3.63, 3.8) is 0 Å². The van der Waals surface area contributed by atoms with Gasteiger partial charge in [-0.25, -0.2) is 9.59 Å². The van der Waals surface area contributed by atoms with Gasteiger partial charge in [0.25, 0.3) is 0 Å². The van der Waals surface area contributed by atoms with E-state index < -0.39 is 29.3 Å². The Morgan fingerprint density at radius 1 is 1.50 bits per heavy atom. The smallest absolute Gasteiger partial charge is 0.408 e. The lowest BCUT2D eigenvalue weighted by atomic mass is 9.93. The quantitative estimate of drug-likeness (QED) is 0.763. The van der Waals surface area contributed by atoms with Crippen molar-refractivity contribution in [2.45, 2.75) is 57.8 Å². The standard InChI is InChI=1S/C14H21BrN2O5/c1-5-20-11(18)14(16-12(19)21-13(2,3)4)7-6-8-9(14)22-17-10(8)15/h8-9H,5-7H2,1-4H3,(H,16,19)/t8-,9-,14+/m1/s1. The summed E-state index contributed by atoms with van der Waals surface area (Å²) < 4.78 is 11.1. The van der Waals surface area contributed by atoms with Crippen molar-refractivity contribution in [1.82, 2.24) is 5.32 Å². The number of halogens is 1. The van der Waals surface area contributed by atoms with Crippen LogP contribution in [0.25, 0.3) is 0 Å². The van der Waals surface area contributed by atoms with Crippen LogP contribution >= 0.6 is 15.9 Å². The Balaban J connectivity index is 2.21. The van der Waals surface area contributed by atoms with E-state index in [9.17, 15) is 9.59 Å². The molecule has 1 saturated carbocycles. The molecule has 2 aliphatic rings. The van der Waals surface area contributed by atoms with E-state index >= 15 is 0 Å². The highest BCUT2D eigenvalue weighted by Crippen LogP contribution is 2.43. The normalized spacial score (nSPS) is 30.1. The van der Waals surface area contributed by atoms with Crippen molar-refractivity contribution >= 4 is 32.6 Å². The van der Waals surface area contributed by atoms with Crippen molar-refractivity contribution in [3.05, 3.63) is 0 Å². The number of carbonyl (C=O) groups excluding carboxylic acids is 2. The third kappa shape index (κ3) is 3.21. The molecule has 1 aliphatic heterocycles. The van der Waals surface area contributed by atoms with Crippen LogP contribution in [0.1, 0.15) is 40.5 Å². The number of fused-ring (bicyclic) bond motifs is 1. The van der Waals surface area contributed by atoms with Gasteiger partial charge < -0.3 is 19.6 Å². The first-order valence-electron chi connectivity index (χ1n) is 7.27. The number of carbonyl (C=O) groups is 2. The average molecular weight is 377 g/mol. The third-order valence-electron chi connectivity index (χ3n) is 3.62. The summed E-state index contributed by atoms with van der Waals surface area (Å²) in [5.74, 6) is -0.592. The fourth-order valence-electron chi connectivity index (χ4n) is 2.75. The summed E-state index contributed by atoms with van der Waals surface area (Å²) in [7, 11) is 0. The highest BCUT2D eigenvalue weighted by atomic mass is 79.9. The number of ether oxygens (including phenoxy) is 2. The van der Waals surface area contributed by atoms with Gasteiger partial charge in [-0.05, 0) is 56.5 Å². The molecule has 1 heterocycles. The molecule has 7 nitrogen and oxygen atoms in total. The van der Waals surface area contributed by atoms with Crippen LogP contribution < -0.4 is 5.32 Å². The van der Waals surface area contributed by atoms with E-state index in [-0.39, 0.29) is 12.5 Å². The minimum atomic E-state index is -1.28. The molecule has 0 aromatic heterocycles. The topological polar surface area (TPSA) is 86.2 Å². The second kappa shape index (κ2) is 6.06. The average Bonchev–Trinajstić information content (AvgIpc) is 2.91. The summed E-state index contributed by atoms with van der Waals surface area (Å²) in [6, 6.07) is 0. The summed E-state index contributed by atoms with van der Waals surface area (Å²) >= 11 is 3.33. The second-order valence-corrected chi connectivity index (χ2v) is 7.22. The Kier molecular flexibility index (Phi) is 4.70. The van der Waals surface area contributed by atoms with Crippen LogP contribution in [-0.2, 0) is 19.1 Å². The van der Waals surface area contributed by atoms with E-state index in [4.69, 9.17) is 14.3 Å². The lowest BCUT2D eigenvalue weighted by Gasteiger charge is -2.32. The van der Waals surface area contributed by atoms with Crippen molar-refractivity contribution in [1.29, 1.82) is 0 Å². The number of rotatable bonds is 3. The monoisotopic (exact) mass is 376 g/mol. The van der Waals surface area contributed by atoms with E-state index in [2.05, 4.69) is 26.4 Å². The molecule has 0 saturated heterocycles. The third-order valence-corrected chi connectivity index (χ3v) is 4.36. The maximum absolute atomic E-state index is 12.5. The van der Waals surface area contributed by atoms with E-state index in [1.165, 1.54) is 0 Å². The lowest BCUT2D eigenvalue weighted by Crippen LogP contribution is -2.61. The van der Waals surface area contributed by atoms with Crippen LogP contribution in [0.2, 0.25) is 0 Å². The molecule has 1 aliphatic carbocycles. The van der Waals surface area contributed by atoms with Gasteiger partial charge in [-0.1, -0.05) is 5.16 Å². The molecule has 1 amide bonds. The minimum Gasteiger partial charge on any atom is -0.464 e. The van der Waals surface area contributed by atoms with Gasteiger partial charge in [-0.3, -0.25) is 0 Å². The second-order valence-electron chi connectivity index (χ2n) is 6.40. The molecular formula is C14H21BrN2O5. The summed E-state index contributed by atoms with van der Waals surface area (Å²) in [5.41, 5.74) is -1.94. The minimum absolute atomic E-state index is 0.0701. The molecule has 0 radical (unpaired) electrons. The molecule has 2 rings (SSSR count). The molecule has 22 heavy (non-hydrogen) atoms. The maximum atomic E-state index is 12.5. The van der Waals surface area contributed by atoms with E-state index in [1.807, 2.05) is 0 Å². The fourth-order valence-corrected chi connectivity index (χ4v) is 3.30. The highest BCUT2D eigenvalue weighted by molar-refractivity contribution is 9.18. The summed E-state index contributed by atoms with van der Waals surface area (Å²) in [6.07, 6.45) is -0.199. The molecular weight excluding hydrogens is 356 g/mol. The predicted molar refractivity (Wildman–Crippen MR) is 82.7 cm³/mol. The van der Waals surface area contributed by atoms with Crippen LogP contribution in [0.4, 0.5) is 4.79 Å². The number of hydrogen-bond donors (Lipinski definition) is 1. The van der Waals surface area contributed by atoms with Gasteiger partial charge in [0.1, 0.15) is 10.2 Å². The number of esters is 1. The Labute approximate surface area is 137 Å². The molecule has 124 valence electrons. The molecule has 1 N–H and O–H groups in total. The molecule has 3 atom stereocenters. The molecule has 0 unspecified atom stereocenters. The number of hydrogen-bond acceptors (Lipinski definition) is 6. The van der Waals surface area contributed by atoms with Gasteiger partial charge in [0.05, 0.1) is 12.5 Å². The van der Waals surface area contributed by atoms with Crippen molar-refractivity contribution in [2.24, 2.45) is 11.1 Å². The van der Waals surface area contributed by atoms with E-state index in [1.54, 1.807) is 27.7 Å². The van der Waals surface area contributed by atoms with Crippen LogP contribution in [0.3, 0.4) is 0 Å². The van der Waals surface area contributed by atoms with Gasteiger partial charge in [-0.2, -0.15) is 0 Å². The summed E-state index contributed by atoms with van der Waals surface area (Å²) in [4.78, 5) is 30.0. The summed E-state index contributed by atoms with van der Waals surface area (Å²) in [5, 5.41) is 6.54. The number of oxime groups is 1. The van der Waals surface area contributed by atoms with Crippen molar-refractivity contribution < 1.29 is 23.9 Å². The van der Waals surface area contributed by atoms with Gasteiger partial charge >= 0.3 is 12.1 Å². The Morgan fingerprint density at radius 3 is 2.77 bits per heavy atom. The molecule has 8 heteroatoms. The molecule has 0 spiro atoms. The molecule has 0 aromatic carbocycles. The zero-order valence-corrected chi connectivity index (χ0v) is 14.7.